The van der Waals surface area contributed by atoms with Crippen LogP contribution >= 0.6 is 0 Å². The maximum atomic E-state index is 15.2. The van der Waals surface area contributed by atoms with Crippen LogP contribution in [0.5, 0.6) is 0 Å². The van der Waals surface area contributed by atoms with Crippen molar-refractivity contribution in [2.45, 2.75) is 90.4 Å². The van der Waals surface area contributed by atoms with Crippen LogP contribution < -0.4 is 0 Å². The van der Waals surface area contributed by atoms with Crippen molar-refractivity contribution in [3.63, 3.8) is 0 Å². The zero-order valence-electron chi connectivity index (χ0n) is 22.9. The maximum Gasteiger partial charge on any atom is 0.166 e. The highest BCUT2D eigenvalue weighted by molar-refractivity contribution is 5.71. The van der Waals surface area contributed by atoms with Crippen LogP contribution in [0.25, 0.3) is 22.3 Å². The number of hydrogen-bond donors (Lipinski definition) is 0. The molecule has 0 amide bonds. The van der Waals surface area contributed by atoms with E-state index in [0.29, 0.717) is 29.0 Å². The van der Waals surface area contributed by atoms with Crippen LogP contribution in [-0.4, -0.2) is 0 Å². The number of unbranched alkanes of at least 4 members (excludes halogenated alkanes) is 3. The Morgan fingerprint density at radius 2 is 1.39 bits per heavy atom. The van der Waals surface area contributed by atoms with Crippen LogP contribution in [0.3, 0.4) is 0 Å². The van der Waals surface area contributed by atoms with Crippen molar-refractivity contribution < 1.29 is 13.2 Å². The Hall–Kier alpha value is -2.81. The van der Waals surface area contributed by atoms with Gasteiger partial charge in [-0.15, -0.1) is 0 Å². The molecular formula is C35H41F3. The van der Waals surface area contributed by atoms with Crippen LogP contribution in [0.2, 0.25) is 0 Å². The van der Waals surface area contributed by atoms with E-state index in [1.54, 1.807) is 42.5 Å². The van der Waals surface area contributed by atoms with E-state index in [9.17, 15) is 8.78 Å². The summed E-state index contributed by atoms with van der Waals surface area (Å²) in [6.07, 6.45) is 16.2. The first-order valence-corrected chi connectivity index (χ1v) is 14.5. The third-order valence-corrected chi connectivity index (χ3v) is 8.16. The summed E-state index contributed by atoms with van der Waals surface area (Å²) >= 11 is 0. The third kappa shape index (κ3) is 6.98. The van der Waals surface area contributed by atoms with E-state index in [-0.39, 0.29) is 11.4 Å². The molecule has 1 aliphatic rings. The van der Waals surface area contributed by atoms with Gasteiger partial charge >= 0.3 is 0 Å². The second-order valence-electron chi connectivity index (χ2n) is 10.9. The molecule has 0 spiro atoms. The molecular weight excluding hydrogens is 477 g/mol. The lowest BCUT2D eigenvalue weighted by Gasteiger charge is -2.29. The fourth-order valence-corrected chi connectivity index (χ4v) is 5.78. The SMILES string of the molecule is CCC/C=C\Cc1ccc(-c2ccc(-c3ccc(C4CCC(CCCCC)CC4)cc3F)cc2)c(F)c1F. The van der Waals surface area contributed by atoms with Crippen molar-refractivity contribution in [2.75, 3.05) is 0 Å². The van der Waals surface area contributed by atoms with Crippen molar-refractivity contribution in [1.29, 1.82) is 0 Å². The molecule has 0 nitrogen and oxygen atoms in total. The summed E-state index contributed by atoms with van der Waals surface area (Å²) in [5, 5.41) is 0. The molecule has 0 radical (unpaired) electrons. The highest BCUT2D eigenvalue weighted by Gasteiger charge is 2.23. The van der Waals surface area contributed by atoms with Crippen molar-refractivity contribution in [3.05, 3.63) is 95.3 Å². The molecule has 202 valence electrons. The van der Waals surface area contributed by atoms with Crippen molar-refractivity contribution >= 4 is 0 Å². The quantitative estimate of drug-likeness (QED) is 0.175. The van der Waals surface area contributed by atoms with E-state index >= 15 is 4.39 Å². The van der Waals surface area contributed by atoms with E-state index in [2.05, 4.69) is 19.9 Å². The lowest BCUT2D eigenvalue weighted by Crippen LogP contribution is -2.13. The molecule has 1 aliphatic carbocycles. The van der Waals surface area contributed by atoms with Crippen LogP contribution in [0.15, 0.2) is 66.7 Å². The molecule has 4 rings (SSSR count). The second kappa shape index (κ2) is 13.8. The molecule has 0 heterocycles. The molecule has 0 aromatic heterocycles. The second-order valence-corrected chi connectivity index (χ2v) is 10.9. The highest BCUT2D eigenvalue weighted by Crippen LogP contribution is 2.39. The van der Waals surface area contributed by atoms with Gasteiger partial charge in [-0.3, -0.25) is 0 Å². The van der Waals surface area contributed by atoms with Gasteiger partial charge < -0.3 is 0 Å². The molecule has 3 aromatic carbocycles. The fraction of sp³-hybridized carbons (Fsp3) is 0.429. The van der Waals surface area contributed by atoms with Crippen LogP contribution in [0.1, 0.15) is 95.1 Å². The topological polar surface area (TPSA) is 0 Å². The number of halogens is 3. The van der Waals surface area contributed by atoms with Crippen molar-refractivity contribution in [3.8, 4) is 22.3 Å². The average molecular weight is 519 g/mol. The smallest absolute Gasteiger partial charge is 0.166 e. The van der Waals surface area contributed by atoms with Gasteiger partial charge in [0.25, 0.3) is 0 Å². The van der Waals surface area contributed by atoms with E-state index in [1.165, 1.54) is 38.5 Å². The summed E-state index contributed by atoms with van der Waals surface area (Å²) in [5.74, 6) is -0.596. The first kappa shape index (κ1) is 28.2. The highest BCUT2D eigenvalue weighted by atomic mass is 19.2. The van der Waals surface area contributed by atoms with Gasteiger partial charge in [-0.2, -0.15) is 0 Å². The molecule has 0 saturated heterocycles. The van der Waals surface area contributed by atoms with E-state index < -0.39 is 11.6 Å². The Morgan fingerprint density at radius 3 is 2.05 bits per heavy atom. The normalized spacial score (nSPS) is 17.8. The predicted molar refractivity (Wildman–Crippen MR) is 154 cm³/mol. The molecule has 0 bridgehead atoms. The summed E-state index contributed by atoms with van der Waals surface area (Å²) in [7, 11) is 0. The Morgan fingerprint density at radius 1 is 0.711 bits per heavy atom. The molecule has 1 saturated carbocycles. The minimum Gasteiger partial charge on any atom is -0.206 e. The molecule has 0 N–H and O–H groups in total. The Bertz CT molecular complexity index is 1200. The molecule has 3 aromatic rings. The van der Waals surface area contributed by atoms with Crippen LogP contribution in [0.4, 0.5) is 13.2 Å². The fourth-order valence-electron chi connectivity index (χ4n) is 5.78. The summed E-state index contributed by atoms with van der Waals surface area (Å²) in [5.41, 5.74) is 3.51. The van der Waals surface area contributed by atoms with E-state index in [0.717, 1.165) is 42.7 Å². The zero-order chi connectivity index (χ0) is 26.9. The first-order valence-electron chi connectivity index (χ1n) is 14.5. The summed E-state index contributed by atoms with van der Waals surface area (Å²) < 4.78 is 44.7. The van der Waals surface area contributed by atoms with Gasteiger partial charge in [0.1, 0.15) is 5.82 Å². The van der Waals surface area contributed by atoms with Gasteiger partial charge in [-0.1, -0.05) is 107 Å². The predicted octanol–water partition coefficient (Wildman–Crippen LogP) is 11.2. The molecule has 1 fully saturated rings. The van der Waals surface area contributed by atoms with Gasteiger partial charge in [0.2, 0.25) is 0 Å². The zero-order valence-corrected chi connectivity index (χ0v) is 22.9. The molecule has 0 unspecified atom stereocenters. The lowest BCUT2D eigenvalue weighted by atomic mass is 9.77. The summed E-state index contributed by atoms with van der Waals surface area (Å²) in [6.45, 7) is 4.33. The Labute approximate surface area is 227 Å². The Kier molecular flexibility index (Phi) is 10.3. The first-order chi connectivity index (χ1) is 18.5. The largest absolute Gasteiger partial charge is 0.206 e. The lowest BCUT2D eigenvalue weighted by molar-refractivity contribution is 0.302. The summed E-state index contributed by atoms with van der Waals surface area (Å²) in [4.78, 5) is 0. The number of benzene rings is 3. The van der Waals surface area contributed by atoms with E-state index in [4.69, 9.17) is 0 Å². The minimum absolute atomic E-state index is 0.219. The van der Waals surface area contributed by atoms with Gasteiger partial charge in [0.05, 0.1) is 0 Å². The van der Waals surface area contributed by atoms with Gasteiger partial charge in [-0.25, -0.2) is 13.2 Å². The van der Waals surface area contributed by atoms with Crippen molar-refractivity contribution in [2.24, 2.45) is 5.92 Å². The van der Waals surface area contributed by atoms with Gasteiger partial charge in [0.15, 0.2) is 11.6 Å². The number of rotatable bonds is 11. The third-order valence-electron chi connectivity index (χ3n) is 8.16. The van der Waals surface area contributed by atoms with E-state index in [1.807, 2.05) is 18.2 Å². The monoisotopic (exact) mass is 518 g/mol. The molecule has 0 atom stereocenters. The van der Waals surface area contributed by atoms with Gasteiger partial charge in [0, 0.05) is 11.1 Å². The molecule has 38 heavy (non-hydrogen) atoms. The molecule has 0 aliphatic heterocycles. The number of hydrogen-bond acceptors (Lipinski definition) is 0. The summed E-state index contributed by atoms with van der Waals surface area (Å²) in [6, 6.07) is 16.0. The van der Waals surface area contributed by atoms with Crippen LogP contribution in [0, 0.1) is 23.4 Å². The average Bonchev–Trinajstić information content (AvgIpc) is 2.94. The van der Waals surface area contributed by atoms with Crippen molar-refractivity contribution in [1.82, 2.24) is 0 Å². The Balaban J connectivity index is 1.42. The standard InChI is InChI=1S/C35H41F3/c1-3-5-7-9-11-29-20-23-32(35(38)34(29)37)28-18-16-27(17-19-28)31-22-21-30(24-33(31)36)26-14-12-25(13-15-26)10-8-6-4-2/h7,9,16-26H,3-6,8,10-15H2,1-2H3/b9-7-. The maximum absolute atomic E-state index is 15.2. The minimum atomic E-state index is -0.838. The van der Waals surface area contributed by atoms with Crippen LogP contribution in [-0.2, 0) is 6.42 Å². The van der Waals surface area contributed by atoms with Gasteiger partial charge in [-0.05, 0) is 78.7 Å². The molecule has 3 heteroatoms. The number of allylic oxidation sites excluding steroid dienone is 2.